The molecule has 2 aliphatic heterocycles. The van der Waals surface area contributed by atoms with Crippen molar-refractivity contribution in [1.29, 1.82) is 0 Å². The molecule has 2 saturated heterocycles. The monoisotopic (exact) mass is 579 g/mol. The molecule has 3 heterocycles. The van der Waals surface area contributed by atoms with Gasteiger partial charge in [0.25, 0.3) is 0 Å². The maximum absolute atomic E-state index is 12.7. The van der Waals surface area contributed by atoms with Crippen molar-refractivity contribution >= 4 is 57.6 Å². The maximum Gasteiger partial charge on any atom is 0.410 e. The fourth-order valence-corrected chi connectivity index (χ4v) is 5.86. The smallest absolute Gasteiger partial charge is 0.410 e. The van der Waals surface area contributed by atoms with Gasteiger partial charge < -0.3 is 9.64 Å². The summed E-state index contributed by atoms with van der Waals surface area (Å²) in [6, 6.07) is 15.6. The molecule has 0 N–H and O–H groups in total. The van der Waals surface area contributed by atoms with Gasteiger partial charge in [-0.05, 0) is 58.3 Å². The van der Waals surface area contributed by atoms with E-state index in [1.54, 1.807) is 6.07 Å². The number of nitrogens with zero attached hydrogens (tertiary/aromatic N) is 3. The topological polar surface area (TPSA) is 45.7 Å². The lowest BCUT2D eigenvalue weighted by molar-refractivity contribution is 0.127. The molecule has 3 aromatic rings. The highest BCUT2D eigenvalue weighted by atomic mass is 127. The van der Waals surface area contributed by atoms with E-state index in [0.29, 0.717) is 23.1 Å². The van der Waals surface area contributed by atoms with E-state index in [0.717, 1.165) is 38.9 Å². The zero-order valence-electron chi connectivity index (χ0n) is 17.0. The molecule has 0 radical (unpaired) electrons. The second-order valence-corrected chi connectivity index (χ2v) is 10.0. The van der Waals surface area contributed by atoms with Crippen molar-refractivity contribution in [1.82, 2.24) is 9.88 Å². The van der Waals surface area contributed by atoms with Gasteiger partial charge in [0.15, 0.2) is 0 Å². The van der Waals surface area contributed by atoms with Crippen LogP contribution in [0.3, 0.4) is 0 Å². The molecule has 8 heteroatoms. The summed E-state index contributed by atoms with van der Waals surface area (Å²) >= 11 is 14.8. The van der Waals surface area contributed by atoms with Crippen molar-refractivity contribution in [2.75, 3.05) is 18.0 Å². The predicted molar refractivity (Wildman–Crippen MR) is 135 cm³/mol. The van der Waals surface area contributed by atoms with E-state index in [9.17, 15) is 4.79 Å². The third kappa shape index (κ3) is 4.28. The number of aromatic nitrogens is 1. The number of benzene rings is 2. The van der Waals surface area contributed by atoms with Crippen molar-refractivity contribution in [2.24, 2.45) is 0 Å². The second-order valence-electron chi connectivity index (χ2n) is 8.01. The lowest BCUT2D eigenvalue weighted by Gasteiger charge is -2.38. The molecule has 0 spiro atoms. The Morgan fingerprint density at radius 1 is 1.09 bits per heavy atom. The molecule has 2 aromatic carbocycles. The number of hydrogen-bond acceptors (Lipinski definition) is 4. The average Bonchev–Trinajstić information content (AvgIpc) is 3.08. The first kappa shape index (κ1) is 21.8. The van der Waals surface area contributed by atoms with Gasteiger partial charge in [-0.3, -0.25) is 9.88 Å². The zero-order chi connectivity index (χ0) is 22.2. The highest BCUT2D eigenvalue weighted by molar-refractivity contribution is 14.1. The number of halogens is 3. The van der Waals surface area contributed by atoms with E-state index >= 15 is 0 Å². The van der Waals surface area contributed by atoms with Crippen molar-refractivity contribution in [2.45, 2.75) is 25.1 Å². The minimum absolute atomic E-state index is 0.0718. The quantitative estimate of drug-likeness (QED) is 0.342. The minimum atomic E-state index is -0.239. The highest BCUT2D eigenvalue weighted by Gasteiger charge is 2.45. The van der Waals surface area contributed by atoms with E-state index in [1.165, 1.54) is 0 Å². The molecule has 5 rings (SSSR count). The van der Waals surface area contributed by atoms with Crippen LogP contribution in [0, 0.1) is 3.57 Å². The summed E-state index contributed by atoms with van der Waals surface area (Å²) in [6.07, 6.45) is 4.10. The molecule has 1 aromatic heterocycles. The molecule has 5 nitrogen and oxygen atoms in total. The normalized spacial score (nSPS) is 20.3. The van der Waals surface area contributed by atoms with Crippen LogP contribution < -0.4 is 4.90 Å². The largest absolute Gasteiger partial charge is 0.442 e. The van der Waals surface area contributed by atoms with Gasteiger partial charge in [0.1, 0.15) is 6.10 Å². The van der Waals surface area contributed by atoms with Crippen LogP contribution in [0.2, 0.25) is 10.0 Å². The first-order valence-corrected chi connectivity index (χ1v) is 12.2. The standard InChI is InChI=1S/C24H20Cl2IN3O2/c25-17-8-16(9-18(26)10-17)19-11-28-12-20(27)23(19)29-7-6-21-22(14-29)32-24(31)30(21)13-15-4-2-1-3-5-15/h1-5,8-12,21-22H,6-7,13-14H2/t21-,22?/m1/s1. The molecular formula is C24H20Cl2IN3O2. The fraction of sp³-hybridized carbons (Fsp3) is 0.250. The van der Waals surface area contributed by atoms with Crippen molar-refractivity contribution < 1.29 is 9.53 Å². The van der Waals surface area contributed by atoms with E-state index in [2.05, 4.69) is 32.5 Å². The molecule has 164 valence electrons. The number of anilines is 1. The summed E-state index contributed by atoms with van der Waals surface area (Å²) in [5.41, 5.74) is 4.05. The van der Waals surface area contributed by atoms with Gasteiger partial charge in [0.2, 0.25) is 0 Å². The number of amides is 1. The first-order chi connectivity index (χ1) is 15.5. The van der Waals surface area contributed by atoms with E-state index in [4.69, 9.17) is 27.9 Å². The van der Waals surface area contributed by atoms with E-state index in [1.807, 2.05) is 59.8 Å². The van der Waals surface area contributed by atoms with Crippen LogP contribution in [0.1, 0.15) is 12.0 Å². The van der Waals surface area contributed by atoms with Crippen LogP contribution in [-0.2, 0) is 11.3 Å². The number of rotatable bonds is 4. The van der Waals surface area contributed by atoms with Gasteiger partial charge in [-0.1, -0.05) is 53.5 Å². The number of fused-ring (bicyclic) bond motifs is 1. The molecule has 0 aliphatic carbocycles. The Morgan fingerprint density at radius 2 is 1.84 bits per heavy atom. The second kappa shape index (κ2) is 9.08. The molecule has 32 heavy (non-hydrogen) atoms. The Balaban J connectivity index is 1.41. The van der Waals surface area contributed by atoms with Crippen LogP contribution in [0.15, 0.2) is 60.9 Å². The molecule has 2 aliphatic rings. The van der Waals surface area contributed by atoms with Gasteiger partial charge in [0.05, 0.1) is 21.8 Å². The molecular weight excluding hydrogens is 560 g/mol. The Morgan fingerprint density at radius 3 is 2.59 bits per heavy atom. The number of pyridine rings is 1. The van der Waals surface area contributed by atoms with Crippen molar-refractivity contribution in [3.63, 3.8) is 0 Å². The lowest BCUT2D eigenvalue weighted by atomic mass is 9.98. The van der Waals surface area contributed by atoms with E-state index < -0.39 is 0 Å². The summed E-state index contributed by atoms with van der Waals surface area (Å²) in [5.74, 6) is 0. The zero-order valence-corrected chi connectivity index (χ0v) is 20.7. The van der Waals surface area contributed by atoms with Crippen molar-refractivity contribution in [3.8, 4) is 11.1 Å². The third-order valence-electron chi connectivity index (χ3n) is 5.97. The van der Waals surface area contributed by atoms with Gasteiger partial charge in [-0.2, -0.15) is 0 Å². The van der Waals surface area contributed by atoms with E-state index in [-0.39, 0.29) is 18.2 Å². The molecule has 2 fully saturated rings. The predicted octanol–water partition coefficient (Wildman–Crippen LogP) is 6.26. The SMILES string of the molecule is O=C1OC2CN(c3c(I)cncc3-c3cc(Cl)cc(Cl)c3)CC[C@H]2N1Cc1ccccc1. The van der Waals surface area contributed by atoms with Gasteiger partial charge in [0, 0.05) is 41.1 Å². The van der Waals surface area contributed by atoms with Gasteiger partial charge in [-0.25, -0.2) is 4.79 Å². The molecule has 2 atom stereocenters. The van der Waals surface area contributed by atoms with Crippen molar-refractivity contribution in [3.05, 3.63) is 80.1 Å². The number of ether oxygens (including phenoxy) is 1. The lowest BCUT2D eigenvalue weighted by Crippen LogP contribution is -2.49. The first-order valence-electron chi connectivity index (χ1n) is 10.4. The van der Waals surface area contributed by atoms with Gasteiger partial charge >= 0.3 is 6.09 Å². The molecule has 0 saturated carbocycles. The van der Waals surface area contributed by atoms with Crippen LogP contribution in [0.25, 0.3) is 11.1 Å². The summed E-state index contributed by atoms with van der Waals surface area (Å²) in [5, 5.41) is 1.16. The molecule has 0 bridgehead atoms. The minimum Gasteiger partial charge on any atom is -0.442 e. The maximum atomic E-state index is 12.7. The third-order valence-corrected chi connectivity index (χ3v) is 7.20. The van der Waals surface area contributed by atoms with Crippen LogP contribution in [-0.4, -0.2) is 41.2 Å². The Hall–Kier alpha value is -2.03. The Bertz CT molecular complexity index is 1140. The summed E-state index contributed by atoms with van der Waals surface area (Å²) in [4.78, 5) is 21.2. The van der Waals surface area contributed by atoms with Crippen LogP contribution >= 0.6 is 45.8 Å². The summed E-state index contributed by atoms with van der Waals surface area (Å²) in [6.45, 7) is 2.01. The fourth-order valence-electron chi connectivity index (χ4n) is 4.54. The number of piperidine rings is 1. The number of carbonyl (C=O) groups is 1. The van der Waals surface area contributed by atoms with Crippen LogP contribution in [0.5, 0.6) is 0 Å². The highest BCUT2D eigenvalue weighted by Crippen LogP contribution is 2.39. The summed E-state index contributed by atoms with van der Waals surface area (Å²) in [7, 11) is 0. The average molecular weight is 580 g/mol. The van der Waals surface area contributed by atoms with Gasteiger partial charge in [-0.15, -0.1) is 0 Å². The molecule has 1 amide bonds. The number of hydrogen-bond donors (Lipinski definition) is 0. The van der Waals surface area contributed by atoms with Crippen LogP contribution in [0.4, 0.5) is 10.5 Å². The Kier molecular flexibility index (Phi) is 6.18. The number of carbonyl (C=O) groups excluding carboxylic acids is 1. The Labute approximate surface area is 210 Å². The summed E-state index contributed by atoms with van der Waals surface area (Å²) < 4.78 is 6.84. The molecule has 1 unspecified atom stereocenters.